The lowest BCUT2D eigenvalue weighted by atomic mass is 9.95. The van der Waals surface area contributed by atoms with Crippen LogP contribution < -0.4 is 0 Å². The minimum Gasteiger partial charge on any atom is -0.375 e. The van der Waals surface area contributed by atoms with Crippen LogP contribution in [0.2, 0.25) is 0 Å². The smallest absolute Gasteiger partial charge is 0.138 e. The molecule has 0 heterocycles. The topological polar surface area (TPSA) is 26.3 Å². The summed E-state index contributed by atoms with van der Waals surface area (Å²) in [7, 11) is 0. The third-order valence-electron chi connectivity index (χ3n) is 2.43. The van der Waals surface area contributed by atoms with Crippen molar-refractivity contribution >= 4 is 5.78 Å². The Hall–Kier alpha value is -0.370. The van der Waals surface area contributed by atoms with Gasteiger partial charge in [-0.3, -0.25) is 4.79 Å². The van der Waals surface area contributed by atoms with Gasteiger partial charge in [-0.25, -0.2) is 0 Å². The van der Waals surface area contributed by atoms with E-state index in [9.17, 15) is 4.79 Å². The Morgan fingerprint density at radius 2 is 1.73 bits per heavy atom. The molecular formula is C13H26O2. The van der Waals surface area contributed by atoms with Crippen molar-refractivity contribution < 1.29 is 9.53 Å². The lowest BCUT2D eigenvalue weighted by Gasteiger charge is -2.25. The van der Waals surface area contributed by atoms with Crippen LogP contribution in [-0.4, -0.2) is 18.0 Å². The minimum atomic E-state index is -0.309. The summed E-state index contributed by atoms with van der Waals surface area (Å²) in [6.45, 7) is 13.0. The third-order valence-corrected chi connectivity index (χ3v) is 2.43. The molecule has 0 aromatic rings. The van der Waals surface area contributed by atoms with Gasteiger partial charge in [-0.15, -0.1) is 0 Å². The number of rotatable bonds is 7. The van der Waals surface area contributed by atoms with E-state index < -0.39 is 0 Å². The van der Waals surface area contributed by atoms with Gasteiger partial charge in [-0.1, -0.05) is 27.7 Å². The second kappa shape index (κ2) is 6.26. The molecule has 0 aliphatic rings. The van der Waals surface area contributed by atoms with E-state index in [1.807, 2.05) is 27.7 Å². The van der Waals surface area contributed by atoms with E-state index in [2.05, 4.69) is 13.8 Å². The lowest BCUT2D eigenvalue weighted by Crippen LogP contribution is -2.30. The molecule has 0 aliphatic heterocycles. The average Bonchev–Trinajstić information content (AvgIpc) is 2.01. The first-order valence-corrected chi connectivity index (χ1v) is 5.91. The quantitative estimate of drug-likeness (QED) is 0.649. The van der Waals surface area contributed by atoms with E-state index >= 15 is 0 Å². The monoisotopic (exact) mass is 214 g/mol. The van der Waals surface area contributed by atoms with E-state index in [1.165, 1.54) is 0 Å². The molecule has 0 spiro atoms. The number of hydrogen-bond acceptors (Lipinski definition) is 2. The van der Waals surface area contributed by atoms with Crippen LogP contribution in [0, 0.1) is 11.8 Å². The van der Waals surface area contributed by atoms with Gasteiger partial charge in [0.15, 0.2) is 0 Å². The fraction of sp³-hybridized carbons (Fsp3) is 0.923. The first kappa shape index (κ1) is 14.6. The molecule has 0 unspecified atom stereocenters. The minimum absolute atomic E-state index is 0.109. The molecule has 0 aromatic heterocycles. The molecule has 0 fully saturated rings. The number of Topliss-reactive ketones (excluding diaryl/α,β-unsaturated/α-hetero) is 1. The van der Waals surface area contributed by atoms with Crippen LogP contribution in [-0.2, 0) is 9.53 Å². The van der Waals surface area contributed by atoms with Crippen LogP contribution in [0.3, 0.4) is 0 Å². The maximum absolute atomic E-state index is 11.6. The molecule has 0 aliphatic carbocycles. The second-order valence-corrected chi connectivity index (χ2v) is 5.59. The predicted octanol–water partition coefficient (Wildman–Crippen LogP) is 3.44. The van der Waals surface area contributed by atoms with Crippen LogP contribution in [0.15, 0.2) is 0 Å². The third kappa shape index (κ3) is 7.55. The molecule has 0 amide bonds. The van der Waals surface area contributed by atoms with Gasteiger partial charge in [-0.2, -0.15) is 0 Å². The number of ether oxygens (including phenoxy) is 1. The SMILES string of the molecule is CC(C)CCOC(C)(C)CC(=O)C(C)C. The highest BCUT2D eigenvalue weighted by molar-refractivity contribution is 5.81. The van der Waals surface area contributed by atoms with Crippen LogP contribution in [0.25, 0.3) is 0 Å². The summed E-state index contributed by atoms with van der Waals surface area (Å²) in [5.74, 6) is 1.05. The molecule has 2 heteroatoms. The number of carbonyl (C=O) groups is 1. The Bertz CT molecular complexity index is 193. The molecule has 0 radical (unpaired) electrons. The highest BCUT2D eigenvalue weighted by atomic mass is 16.5. The van der Waals surface area contributed by atoms with Gasteiger partial charge in [0.2, 0.25) is 0 Å². The zero-order chi connectivity index (χ0) is 12.1. The van der Waals surface area contributed by atoms with Crippen molar-refractivity contribution in [1.82, 2.24) is 0 Å². The van der Waals surface area contributed by atoms with Crippen molar-refractivity contribution in [3.05, 3.63) is 0 Å². The highest BCUT2D eigenvalue weighted by Gasteiger charge is 2.23. The van der Waals surface area contributed by atoms with Gasteiger partial charge in [0.25, 0.3) is 0 Å². The standard InChI is InChI=1S/C13H26O2/c1-10(2)7-8-15-13(5,6)9-12(14)11(3)4/h10-11H,7-9H2,1-6H3. The number of hydrogen-bond donors (Lipinski definition) is 0. The maximum atomic E-state index is 11.6. The van der Waals surface area contributed by atoms with Crippen molar-refractivity contribution in [2.75, 3.05) is 6.61 Å². The summed E-state index contributed by atoms with van der Waals surface area (Å²) in [5.41, 5.74) is -0.309. The fourth-order valence-electron chi connectivity index (χ4n) is 1.25. The van der Waals surface area contributed by atoms with Crippen LogP contribution in [0.5, 0.6) is 0 Å². The van der Waals surface area contributed by atoms with Gasteiger partial charge in [0.1, 0.15) is 5.78 Å². The predicted molar refractivity (Wildman–Crippen MR) is 63.9 cm³/mol. The Labute approximate surface area is 94.4 Å². The zero-order valence-corrected chi connectivity index (χ0v) is 11.1. The molecule has 0 atom stereocenters. The second-order valence-electron chi connectivity index (χ2n) is 5.59. The van der Waals surface area contributed by atoms with Crippen molar-refractivity contribution in [2.45, 2.75) is 60.0 Å². The Kier molecular flexibility index (Phi) is 6.11. The Balaban J connectivity index is 3.91. The van der Waals surface area contributed by atoms with Crippen molar-refractivity contribution in [3.8, 4) is 0 Å². The molecule has 15 heavy (non-hydrogen) atoms. The molecule has 0 saturated carbocycles. The lowest BCUT2D eigenvalue weighted by molar-refractivity contribution is -0.128. The molecule has 0 rings (SSSR count). The van der Waals surface area contributed by atoms with Gasteiger partial charge < -0.3 is 4.74 Å². The normalized spacial score (nSPS) is 12.5. The van der Waals surface area contributed by atoms with Gasteiger partial charge >= 0.3 is 0 Å². The average molecular weight is 214 g/mol. The zero-order valence-electron chi connectivity index (χ0n) is 11.1. The van der Waals surface area contributed by atoms with E-state index in [1.54, 1.807) is 0 Å². The summed E-state index contributed by atoms with van der Waals surface area (Å²) in [5, 5.41) is 0. The largest absolute Gasteiger partial charge is 0.375 e. The fourth-order valence-corrected chi connectivity index (χ4v) is 1.25. The summed E-state index contributed by atoms with van der Waals surface area (Å²) >= 11 is 0. The Morgan fingerprint density at radius 1 is 1.20 bits per heavy atom. The van der Waals surface area contributed by atoms with E-state index in [4.69, 9.17) is 4.74 Å². The number of carbonyl (C=O) groups excluding carboxylic acids is 1. The molecule has 0 saturated heterocycles. The first-order valence-electron chi connectivity index (χ1n) is 5.91. The molecule has 0 N–H and O–H groups in total. The molecular weight excluding hydrogens is 188 g/mol. The van der Waals surface area contributed by atoms with Gasteiger partial charge in [0.05, 0.1) is 5.60 Å². The van der Waals surface area contributed by atoms with Crippen molar-refractivity contribution in [2.24, 2.45) is 11.8 Å². The highest BCUT2D eigenvalue weighted by Crippen LogP contribution is 2.18. The first-order chi connectivity index (χ1) is 6.74. The number of ketones is 1. The van der Waals surface area contributed by atoms with E-state index in [-0.39, 0.29) is 17.3 Å². The summed E-state index contributed by atoms with van der Waals surface area (Å²) < 4.78 is 5.74. The van der Waals surface area contributed by atoms with Crippen LogP contribution >= 0.6 is 0 Å². The van der Waals surface area contributed by atoms with Crippen molar-refractivity contribution in [3.63, 3.8) is 0 Å². The van der Waals surface area contributed by atoms with Crippen LogP contribution in [0.1, 0.15) is 54.4 Å². The van der Waals surface area contributed by atoms with Gasteiger partial charge in [-0.05, 0) is 26.2 Å². The van der Waals surface area contributed by atoms with Crippen molar-refractivity contribution in [1.29, 1.82) is 0 Å². The van der Waals surface area contributed by atoms with E-state index in [0.29, 0.717) is 12.3 Å². The summed E-state index contributed by atoms with van der Waals surface area (Å²) in [6, 6.07) is 0. The molecule has 0 aromatic carbocycles. The summed E-state index contributed by atoms with van der Waals surface area (Å²) in [6.07, 6.45) is 1.57. The Morgan fingerprint density at radius 3 is 2.13 bits per heavy atom. The molecule has 2 nitrogen and oxygen atoms in total. The van der Waals surface area contributed by atoms with Crippen LogP contribution in [0.4, 0.5) is 0 Å². The maximum Gasteiger partial charge on any atom is 0.138 e. The molecule has 90 valence electrons. The van der Waals surface area contributed by atoms with Gasteiger partial charge in [0, 0.05) is 18.9 Å². The molecule has 0 bridgehead atoms. The summed E-state index contributed by atoms with van der Waals surface area (Å²) in [4.78, 5) is 11.6. The van der Waals surface area contributed by atoms with E-state index in [0.717, 1.165) is 13.0 Å².